The lowest BCUT2D eigenvalue weighted by molar-refractivity contribution is -0.160. The second kappa shape index (κ2) is 7.61. The summed E-state index contributed by atoms with van der Waals surface area (Å²) in [6, 6.07) is 5.60. The fraction of sp³-hybridized carbons (Fsp3) is 0.583. The SMILES string of the molecule is O=C(Nc1nnc(-c2ccc(F)cc2)s1)C1CCCN1C(=O)C12CC3CC(CC(C3)C1)C2. The number of hydrogen-bond acceptors (Lipinski definition) is 5. The van der Waals surface area contributed by atoms with Crippen LogP contribution in [0.2, 0.25) is 0 Å². The van der Waals surface area contributed by atoms with E-state index in [-0.39, 0.29) is 23.0 Å². The molecular weight excluding hydrogens is 427 g/mol. The lowest BCUT2D eigenvalue weighted by Crippen LogP contribution is -2.56. The van der Waals surface area contributed by atoms with Gasteiger partial charge in [-0.15, -0.1) is 10.2 Å². The van der Waals surface area contributed by atoms with Gasteiger partial charge in [-0.1, -0.05) is 11.3 Å². The van der Waals surface area contributed by atoms with Crippen molar-refractivity contribution < 1.29 is 14.0 Å². The molecule has 4 saturated carbocycles. The van der Waals surface area contributed by atoms with Crippen LogP contribution >= 0.6 is 11.3 Å². The van der Waals surface area contributed by atoms with Crippen LogP contribution in [-0.2, 0) is 9.59 Å². The molecule has 168 valence electrons. The van der Waals surface area contributed by atoms with Crippen LogP contribution in [0.15, 0.2) is 24.3 Å². The maximum absolute atomic E-state index is 13.8. The number of halogens is 1. The predicted octanol–water partition coefficient (Wildman–Crippen LogP) is 4.49. The number of amides is 2. The van der Waals surface area contributed by atoms with Gasteiger partial charge in [0.1, 0.15) is 16.9 Å². The molecule has 6 nitrogen and oxygen atoms in total. The Kier molecular flexibility index (Phi) is 4.82. The lowest BCUT2D eigenvalue weighted by atomic mass is 9.49. The molecule has 1 atom stereocenters. The Morgan fingerprint density at radius 3 is 2.34 bits per heavy atom. The van der Waals surface area contributed by atoms with Crippen molar-refractivity contribution in [2.24, 2.45) is 23.2 Å². The van der Waals surface area contributed by atoms with E-state index < -0.39 is 6.04 Å². The van der Waals surface area contributed by atoms with Crippen LogP contribution in [0.5, 0.6) is 0 Å². The molecule has 2 heterocycles. The Bertz CT molecular complexity index is 1020. The molecule has 1 aliphatic heterocycles. The summed E-state index contributed by atoms with van der Waals surface area (Å²) in [6.45, 7) is 0.662. The van der Waals surface area contributed by atoms with Crippen LogP contribution in [0.25, 0.3) is 10.6 Å². The van der Waals surface area contributed by atoms with E-state index in [1.165, 1.54) is 42.7 Å². The molecule has 1 saturated heterocycles. The third-order valence-corrected chi connectivity index (χ3v) is 8.94. The second-order valence-corrected chi connectivity index (χ2v) is 11.2. The molecular formula is C24H27FN4O2S. The zero-order valence-electron chi connectivity index (χ0n) is 17.9. The smallest absolute Gasteiger partial charge is 0.249 e. The summed E-state index contributed by atoms with van der Waals surface area (Å²) in [5.41, 5.74) is 0.528. The first kappa shape index (κ1) is 20.3. The molecule has 0 radical (unpaired) electrons. The van der Waals surface area contributed by atoms with Gasteiger partial charge in [0.2, 0.25) is 16.9 Å². The van der Waals surface area contributed by atoms with Gasteiger partial charge in [0.05, 0.1) is 5.41 Å². The number of nitrogens with zero attached hydrogens (tertiary/aromatic N) is 3. The summed E-state index contributed by atoms with van der Waals surface area (Å²) in [4.78, 5) is 28.8. The molecule has 4 aliphatic carbocycles. The van der Waals surface area contributed by atoms with E-state index >= 15 is 0 Å². The van der Waals surface area contributed by atoms with Gasteiger partial charge in [-0.25, -0.2) is 4.39 Å². The predicted molar refractivity (Wildman–Crippen MR) is 119 cm³/mol. The highest BCUT2D eigenvalue weighted by molar-refractivity contribution is 7.18. The number of benzene rings is 1. The number of likely N-dealkylation sites (tertiary alicyclic amines) is 1. The molecule has 5 aliphatic rings. The van der Waals surface area contributed by atoms with Crippen LogP contribution in [0.1, 0.15) is 51.4 Å². The zero-order chi connectivity index (χ0) is 21.9. The number of carbonyl (C=O) groups is 2. The largest absolute Gasteiger partial charge is 0.330 e. The van der Waals surface area contributed by atoms with Crippen LogP contribution in [0.4, 0.5) is 9.52 Å². The van der Waals surface area contributed by atoms with Crippen molar-refractivity contribution in [1.82, 2.24) is 15.1 Å². The highest BCUT2D eigenvalue weighted by Gasteiger charge is 2.56. The van der Waals surface area contributed by atoms with Gasteiger partial charge < -0.3 is 4.90 Å². The average Bonchev–Trinajstić information content (AvgIpc) is 3.42. The van der Waals surface area contributed by atoms with E-state index in [1.54, 1.807) is 12.1 Å². The number of hydrogen-bond donors (Lipinski definition) is 1. The Balaban J connectivity index is 1.16. The standard InChI is InChI=1S/C24H27FN4O2S/c25-18-5-3-17(4-6-18)21-27-28-23(32-21)26-20(30)19-2-1-7-29(19)22(31)24-11-14-8-15(12-24)10-16(9-14)13-24/h3-6,14-16,19H,1-2,7-13H2,(H,26,28,30). The fourth-order valence-corrected chi connectivity index (χ4v) is 7.88. The topological polar surface area (TPSA) is 75.2 Å². The van der Waals surface area contributed by atoms with Gasteiger partial charge in [0, 0.05) is 12.1 Å². The molecule has 1 aromatic carbocycles. The number of anilines is 1. The van der Waals surface area contributed by atoms with Crippen molar-refractivity contribution >= 4 is 28.3 Å². The van der Waals surface area contributed by atoms with E-state index in [2.05, 4.69) is 15.5 Å². The molecule has 2 aromatic rings. The summed E-state index contributed by atoms with van der Waals surface area (Å²) in [6.07, 6.45) is 8.47. The van der Waals surface area contributed by atoms with Crippen molar-refractivity contribution in [1.29, 1.82) is 0 Å². The molecule has 1 N–H and O–H groups in total. The number of nitrogens with one attached hydrogen (secondary N) is 1. The van der Waals surface area contributed by atoms with Crippen LogP contribution in [-0.4, -0.2) is 39.5 Å². The van der Waals surface area contributed by atoms with Crippen molar-refractivity contribution in [3.8, 4) is 10.6 Å². The Morgan fingerprint density at radius 1 is 1.03 bits per heavy atom. The minimum Gasteiger partial charge on any atom is -0.330 e. The molecule has 8 heteroatoms. The third-order valence-electron chi connectivity index (χ3n) is 8.05. The maximum Gasteiger partial charge on any atom is 0.249 e. The van der Waals surface area contributed by atoms with E-state index in [0.29, 0.717) is 40.9 Å². The molecule has 1 unspecified atom stereocenters. The summed E-state index contributed by atoms with van der Waals surface area (Å²) < 4.78 is 13.2. The first-order valence-electron chi connectivity index (χ1n) is 11.7. The second-order valence-electron chi connectivity index (χ2n) is 10.3. The maximum atomic E-state index is 13.8. The van der Waals surface area contributed by atoms with Crippen molar-refractivity contribution in [3.05, 3.63) is 30.1 Å². The molecule has 32 heavy (non-hydrogen) atoms. The molecule has 0 spiro atoms. The fourth-order valence-electron chi connectivity index (χ4n) is 7.13. The van der Waals surface area contributed by atoms with Gasteiger partial charge in [0.15, 0.2) is 0 Å². The molecule has 2 amide bonds. The van der Waals surface area contributed by atoms with E-state index in [9.17, 15) is 14.0 Å². The van der Waals surface area contributed by atoms with Crippen LogP contribution in [0, 0.1) is 29.0 Å². The number of carbonyl (C=O) groups excluding carboxylic acids is 2. The minimum atomic E-state index is -0.436. The van der Waals surface area contributed by atoms with E-state index in [1.807, 2.05) is 4.90 Å². The van der Waals surface area contributed by atoms with Crippen molar-refractivity contribution in [2.45, 2.75) is 57.4 Å². The number of aromatic nitrogens is 2. The Morgan fingerprint density at radius 2 is 1.69 bits per heavy atom. The lowest BCUT2D eigenvalue weighted by Gasteiger charge is -2.56. The highest BCUT2D eigenvalue weighted by Crippen LogP contribution is 2.60. The molecule has 1 aromatic heterocycles. The highest BCUT2D eigenvalue weighted by atomic mass is 32.1. The van der Waals surface area contributed by atoms with Gasteiger partial charge in [-0.3, -0.25) is 14.9 Å². The summed E-state index contributed by atoms with van der Waals surface area (Å²) in [5.74, 6) is 1.83. The molecule has 7 rings (SSSR count). The first-order valence-corrected chi connectivity index (χ1v) is 12.5. The summed E-state index contributed by atoms with van der Waals surface area (Å²) in [5, 5.41) is 12.1. The van der Waals surface area contributed by atoms with Gasteiger partial charge in [-0.05, 0) is 93.4 Å². The quantitative estimate of drug-likeness (QED) is 0.739. The summed E-state index contributed by atoms with van der Waals surface area (Å²) >= 11 is 1.26. The van der Waals surface area contributed by atoms with E-state index in [0.717, 1.165) is 31.2 Å². The Labute approximate surface area is 190 Å². The van der Waals surface area contributed by atoms with Gasteiger partial charge in [-0.2, -0.15) is 0 Å². The van der Waals surface area contributed by atoms with Gasteiger partial charge >= 0.3 is 0 Å². The Hall–Kier alpha value is -2.35. The van der Waals surface area contributed by atoms with Crippen LogP contribution < -0.4 is 5.32 Å². The van der Waals surface area contributed by atoms with Crippen LogP contribution in [0.3, 0.4) is 0 Å². The minimum absolute atomic E-state index is 0.178. The molecule has 4 bridgehead atoms. The third kappa shape index (κ3) is 3.43. The zero-order valence-corrected chi connectivity index (χ0v) is 18.7. The average molecular weight is 455 g/mol. The molecule has 5 fully saturated rings. The van der Waals surface area contributed by atoms with Gasteiger partial charge in [0.25, 0.3) is 0 Å². The van der Waals surface area contributed by atoms with E-state index in [4.69, 9.17) is 0 Å². The van der Waals surface area contributed by atoms with Crippen molar-refractivity contribution in [2.75, 3.05) is 11.9 Å². The normalized spacial score (nSPS) is 33.0. The van der Waals surface area contributed by atoms with Crippen molar-refractivity contribution in [3.63, 3.8) is 0 Å². The summed E-state index contributed by atoms with van der Waals surface area (Å²) in [7, 11) is 0. The first-order chi connectivity index (χ1) is 15.5. The monoisotopic (exact) mass is 454 g/mol. The number of rotatable bonds is 4.